The summed E-state index contributed by atoms with van der Waals surface area (Å²) in [6, 6.07) is 13.7. The quantitative estimate of drug-likeness (QED) is 0.629. The second-order valence-corrected chi connectivity index (χ2v) is 8.85. The van der Waals surface area contributed by atoms with Crippen LogP contribution in [0.5, 0.6) is 0 Å². The third-order valence-corrected chi connectivity index (χ3v) is 6.65. The SMILES string of the molecule is COC(=O)c1cccc(NC(=O)NC2(CN3CCCC3Cc3ccccc3F)CCC2)c1. The molecule has 0 spiro atoms. The Labute approximate surface area is 188 Å². The lowest BCUT2D eigenvalue weighted by molar-refractivity contribution is 0.0600. The molecule has 1 unspecified atom stereocenters. The topological polar surface area (TPSA) is 70.7 Å². The molecule has 1 atom stereocenters. The highest BCUT2D eigenvalue weighted by Gasteiger charge is 2.42. The van der Waals surface area contributed by atoms with Gasteiger partial charge in [-0.15, -0.1) is 0 Å². The second kappa shape index (κ2) is 9.69. The number of nitrogens with zero attached hydrogens (tertiary/aromatic N) is 1. The maximum atomic E-state index is 14.2. The molecule has 2 aliphatic rings. The molecule has 32 heavy (non-hydrogen) atoms. The van der Waals surface area contributed by atoms with Crippen molar-refractivity contribution >= 4 is 17.7 Å². The van der Waals surface area contributed by atoms with E-state index >= 15 is 0 Å². The van der Waals surface area contributed by atoms with Gasteiger partial charge in [0.2, 0.25) is 0 Å². The summed E-state index contributed by atoms with van der Waals surface area (Å²) in [7, 11) is 1.33. The van der Waals surface area contributed by atoms with Gasteiger partial charge in [-0.1, -0.05) is 24.3 Å². The Morgan fingerprint density at radius 3 is 2.69 bits per heavy atom. The third-order valence-electron chi connectivity index (χ3n) is 6.65. The molecule has 2 N–H and O–H groups in total. The summed E-state index contributed by atoms with van der Waals surface area (Å²) in [5.74, 6) is -0.594. The first-order valence-electron chi connectivity index (χ1n) is 11.2. The molecule has 4 rings (SSSR count). The number of likely N-dealkylation sites (tertiary alicyclic amines) is 1. The number of ether oxygens (including phenoxy) is 1. The fourth-order valence-electron chi connectivity index (χ4n) is 4.81. The number of hydrogen-bond donors (Lipinski definition) is 2. The molecule has 1 aliphatic carbocycles. The molecule has 6 nitrogen and oxygen atoms in total. The van der Waals surface area contributed by atoms with E-state index in [-0.39, 0.29) is 23.4 Å². The van der Waals surface area contributed by atoms with E-state index in [1.807, 2.05) is 12.1 Å². The van der Waals surface area contributed by atoms with E-state index in [0.29, 0.717) is 17.7 Å². The molecule has 0 aromatic heterocycles. The summed E-state index contributed by atoms with van der Waals surface area (Å²) in [5, 5.41) is 6.02. The number of amides is 2. The fourth-order valence-corrected chi connectivity index (χ4v) is 4.81. The third kappa shape index (κ3) is 5.10. The first kappa shape index (κ1) is 22.3. The maximum absolute atomic E-state index is 14.2. The van der Waals surface area contributed by atoms with E-state index in [0.717, 1.165) is 50.8 Å². The molecule has 2 aromatic carbocycles. The van der Waals surface area contributed by atoms with Gasteiger partial charge in [0.05, 0.1) is 18.2 Å². The second-order valence-electron chi connectivity index (χ2n) is 8.85. The molecule has 1 heterocycles. The van der Waals surface area contributed by atoms with Crippen LogP contribution >= 0.6 is 0 Å². The molecular weight excluding hydrogens is 409 g/mol. The Morgan fingerprint density at radius 1 is 1.16 bits per heavy atom. The van der Waals surface area contributed by atoms with Crippen LogP contribution in [0.3, 0.4) is 0 Å². The largest absolute Gasteiger partial charge is 0.465 e. The van der Waals surface area contributed by atoms with Gasteiger partial charge in [-0.2, -0.15) is 0 Å². The summed E-state index contributed by atoms with van der Waals surface area (Å²) >= 11 is 0. The van der Waals surface area contributed by atoms with Gasteiger partial charge in [0.25, 0.3) is 0 Å². The van der Waals surface area contributed by atoms with Crippen molar-refractivity contribution in [2.45, 2.75) is 50.1 Å². The number of halogens is 1. The molecule has 0 radical (unpaired) electrons. The highest BCUT2D eigenvalue weighted by Crippen LogP contribution is 2.35. The maximum Gasteiger partial charge on any atom is 0.337 e. The molecule has 1 saturated heterocycles. The van der Waals surface area contributed by atoms with Crippen molar-refractivity contribution in [2.24, 2.45) is 0 Å². The van der Waals surface area contributed by atoms with Crippen LogP contribution in [0.2, 0.25) is 0 Å². The fraction of sp³-hybridized carbons (Fsp3) is 0.440. The van der Waals surface area contributed by atoms with Crippen molar-refractivity contribution in [1.29, 1.82) is 0 Å². The van der Waals surface area contributed by atoms with Crippen LogP contribution in [0, 0.1) is 5.82 Å². The Kier molecular flexibility index (Phi) is 6.74. The summed E-state index contributed by atoms with van der Waals surface area (Å²) < 4.78 is 18.9. The lowest BCUT2D eigenvalue weighted by Crippen LogP contribution is -2.61. The number of carbonyl (C=O) groups excluding carboxylic acids is 2. The van der Waals surface area contributed by atoms with Gasteiger partial charge in [0, 0.05) is 18.3 Å². The summed E-state index contributed by atoms with van der Waals surface area (Å²) in [4.78, 5) is 26.9. The lowest BCUT2D eigenvalue weighted by atomic mass is 9.76. The number of benzene rings is 2. The van der Waals surface area contributed by atoms with Gasteiger partial charge < -0.3 is 15.4 Å². The monoisotopic (exact) mass is 439 g/mol. The minimum Gasteiger partial charge on any atom is -0.465 e. The van der Waals surface area contributed by atoms with Crippen LogP contribution in [0.25, 0.3) is 0 Å². The van der Waals surface area contributed by atoms with Crippen molar-refractivity contribution in [2.75, 3.05) is 25.5 Å². The summed E-state index contributed by atoms with van der Waals surface area (Å²) in [5.41, 5.74) is 1.40. The Hall–Kier alpha value is -2.93. The molecule has 1 saturated carbocycles. The van der Waals surface area contributed by atoms with Gasteiger partial charge in [0.15, 0.2) is 0 Å². The van der Waals surface area contributed by atoms with E-state index < -0.39 is 5.97 Å². The Bertz CT molecular complexity index is 976. The smallest absolute Gasteiger partial charge is 0.337 e. The van der Waals surface area contributed by atoms with Crippen LogP contribution in [0.1, 0.15) is 48.0 Å². The van der Waals surface area contributed by atoms with E-state index in [1.165, 1.54) is 13.2 Å². The van der Waals surface area contributed by atoms with E-state index in [2.05, 4.69) is 15.5 Å². The standard InChI is InChI=1S/C25H30FN3O3/c1-32-23(30)19-8-4-9-20(15-19)27-24(31)28-25(12-6-13-25)17-29-14-5-10-21(29)16-18-7-2-3-11-22(18)26/h2-4,7-9,11,15,21H,5-6,10,12-14,16-17H2,1H3,(H2,27,28,31). The van der Waals surface area contributed by atoms with Gasteiger partial charge in [-0.05, 0) is 74.9 Å². The van der Waals surface area contributed by atoms with Crippen LogP contribution < -0.4 is 10.6 Å². The number of rotatable bonds is 7. The first-order chi connectivity index (χ1) is 15.5. The average molecular weight is 440 g/mol. The van der Waals surface area contributed by atoms with Crippen LogP contribution in [-0.2, 0) is 11.2 Å². The molecule has 0 bridgehead atoms. The van der Waals surface area contributed by atoms with Gasteiger partial charge in [0.1, 0.15) is 5.82 Å². The van der Waals surface area contributed by atoms with Crippen LogP contribution in [0.15, 0.2) is 48.5 Å². The zero-order valence-corrected chi connectivity index (χ0v) is 18.4. The van der Waals surface area contributed by atoms with Crippen molar-refractivity contribution < 1.29 is 18.7 Å². The number of methoxy groups -OCH3 is 1. The highest BCUT2D eigenvalue weighted by molar-refractivity contribution is 5.94. The lowest BCUT2D eigenvalue weighted by Gasteiger charge is -2.46. The molecule has 2 amide bonds. The van der Waals surface area contributed by atoms with Crippen molar-refractivity contribution in [3.63, 3.8) is 0 Å². The Morgan fingerprint density at radius 2 is 1.97 bits per heavy atom. The number of carbonyl (C=O) groups is 2. The number of anilines is 1. The molecule has 2 aromatic rings. The summed E-state index contributed by atoms with van der Waals surface area (Å²) in [6.45, 7) is 1.73. The van der Waals surface area contributed by atoms with Crippen LogP contribution in [0.4, 0.5) is 14.9 Å². The average Bonchev–Trinajstić information content (AvgIpc) is 3.19. The van der Waals surface area contributed by atoms with Crippen molar-refractivity contribution in [3.05, 3.63) is 65.5 Å². The zero-order valence-electron chi connectivity index (χ0n) is 18.4. The molecule has 170 valence electrons. The summed E-state index contributed by atoms with van der Waals surface area (Å²) in [6.07, 6.45) is 5.73. The highest BCUT2D eigenvalue weighted by atomic mass is 19.1. The normalized spacial score (nSPS) is 19.8. The molecule has 1 aliphatic heterocycles. The van der Waals surface area contributed by atoms with Crippen molar-refractivity contribution in [1.82, 2.24) is 10.2 Å². The van der Waals surface area contributed by atoms with Crippen molar-refractivity contribution in [3.8, 4) is 0 Å². The van der Waals surface area contributed by atoms with E-state index in [4.69, 9.17) is 4.74 Å². The van der Waals surface area contributed by atoms with E-state index in [1.54, 1.807) is 30.3 Å². The zero-order chi connectivity index (χ0) is 22.6. The predicted octanol–water partition coefficient (Wildman–Crippen LogP) is 4.36. The molecular formula is C25H30FN3O3. The van der Waals surface area contributed by atoms with Gasteiger partial charge in [-0.3, -0.25) is 4.90 Å². The number of hydrogen-bond acceptors (Lipinski definition) is 4. The van der Waals surface area contributed by atoms with Crippen LogP contribution in [-0.4, -0.2) is 48.7 Å². The number of esters is 1. The minimum atomic E-state index is -0.445. The Balaban J connectivity index is 1.38. The van der Waals surface area contributed by atoms with Gasteiger partial charge in [-0.25, -0.2) is 14.0 Å². The number of urea groups is 1. The molecule has 7 heteroatoms. The number of nitrogens with one attached hydrogen (secondary N) is 2. The van der Waals surface area contributed by atoms with Gasteiger partial charge >= 0.3 is 12.0 Å². The first-order valence-corrected chi connectivity index (χ1v) is 11.2. The van der Waals surface area contributed by atoms with E-state index in [9.17, 15) is 14.0 Å². The minimum absolute atomic E-state index is 0.149. The molecule has 2 fully saturated rings. The predicted molar refractivity (Wildman–Crippen MR) is 121 cm³/mol.